The summed E-state index contributed by atoms with van der Waals surface area (Å²) in [5.41, 5.74) is 7.48. The smallest absolute Gasteiger partial charge is 0.219 e. The maximum atomic E-state index is 11.3. The van der Waals surface area contributed by atoms with Crippen LogP contribution in [0.5, 0.6) is 0 Å². The van der Waals surface area contributed by atoms with Gasteiger partial charge in [0.05, 0.1) is 5.56 Å². The lowest BCUT2D eigenvalue weighted by molar-refractivity contribution is -0.129. The van der Waals surface area contributed by atoms with Crippen molar-refractivity contribution in [1.29, 1.82) is 0 Å². The zero-order valence-corrected chi connectivity index (χ0v) is 12.0. The van der Waals surface area contributed by atoms with E-state index in [1.165, 1.54) is 0 Å². The molecule has 5 nitrogen and oxygen atoms in total. The van der Waals surface area contributed by atoms with E-state index in [-0.39, 0.29) is 5.91 Å². The summed E-state index contributed by atoms with van der Waals surface area (Å²) >= 11 is 5.07. The summed E-state index contributed by atoms with van der Waals surface area (Å²) in [5.74, 6) is 0.946. The van der Waals surface area contributed by atoms with E-state index in [0.717, 1.165) is 30.2 Å². The van der Waals surface area contributed by atoms with E-state index < -0.39 is 0 Å². The molecule has 1 fully saturated rings. The van der Waals surface area contributed by atoms with E-state index in [2.05, 4.69) is 9.88 Å². The predicted molar refractivity (Wildman–Crippen MR) is 79.3 cm³/mol. The molecule has 0 aromatic carbocycles. The van der Waals surface area contributed by atoms with Crippen molar-refractivity contribution in [3.05, 3.63) is 23.4 Å². The van der Waals surface area contributed by atoms with Crippen LogP contribution in [0.15, 0.2) is 12.1 Å². The lowest BCUT2D eigenvalue weighted by atomic mass is 10.2. The predicted octanol–water partition coefficient (Wildman–Crippen LogP) is 0.693. The van der Waals surface area contributed by atoms with Gasteiger partial charge in [-0.25, -0.2) is 4.98 Å². The van der Waals surface area contributed by atoms with Gasteiger partial charge in [-0.2, -0.15) is 0 Å². The largest absolute Gasteiger partial charge is 0.389 e. The molecule has 1 aliphatic rings. The third-order valence-corrected chi connectivity index (χ3v) is 3.52. The molecular formula is C13H18N4OS. The minimum Gasteiger partial charge on any atom is -0.389 e. The van der Waals surface area contributed by atoms with Crippen molar-refractivity contribution < 1.29 is 4.79 Å². The number of pyridine rings is 1. The summed E-state index contributed by atoms with van der Waals surface area (Å²) in [4.78, 5) is 20.2. The topological polar surface area (TPSA) is 62.5 Å². The van der Waals surface area contributed by atoms with Crippen LogP contribution in [0.3, 0.4) is 0 Å². The maximum Gasteiger partial charge on any atom is 0.219 e. The number of rotatable bonds is 2. The van der Waals surface area contributed by atoms with Crippen molar-refractivity contribution in [3.8, 4) is 0 Å². The van der Waals surface area contributed by atoms with E-state index in [1.54, 1.807) is 6.92 Å². The van der Waals surface area contributed by atoms with Gasteiger partial charge in [0, 0.05) is 38.8 Å². The molecule has 2 rings (SSSR count). The quantitative estimate of drug-likeness (QED) is 0.807. The minimum absolute atomic E-state index is 0.117. The van der Waals surface area contributed by atoms with Gasteiger partial charge in [-0.05, 0) is 19.1 Å². The van der Waals surface area contributed by atoms with Gasteiger partial charge in [-0.15, -0.1) is 0 Å². The summed E-state index contributed by atoms with van der Waals surface area (Å²) < 4.78 is 0. The highest BCUT2D eigenvalue weighted by Crippen LogP contribution is 2.20. The first-order chi connectivity index (χ1) is 8.99. The van der Waals surface area contributed by atoms with Crippen LogP contribution in [0, 0.1) is 6.92 Å². The van der Waals surface area contributed by atoms with Crippen LogP contribution < -0.4 is 10.6 Å². The molecule has 1 amide bonds. The van der Waals surface area contributed by atoms with Gasteiger partial charge >= 0.3 is 0 Å². The van der Waals surface area contributed by atoms with Crippen LogP contribution in [-0.4, -0.2) is 47.0 Å². The molecule has 1 saturated heterocycles. The molecule has 0 spiro atoms. The number of nitrogens with zero attached hydrogens (tertiary/aromatic N) is 3. The van der Waals surface area contributed by atoms with Gasteiger partial charge in [0.15, 0.2) is 0 Å². The molecule has 1 aliphatic heterocycles. The van der Waals surface area contributed by atoms with Crippen molar-refractivity contribution in [1.82, 2.24) is 9.88 Å². The first kappa shape index (κ1) is 13.7. The fourth-order valence-corrected chi connectivity index (χ4v) is 2.37. The van der Waals surface area contributed by atoms with E-state index in [0.29, 0.717) is 18.1 Å². The lowest BCUT2D eigenvalue weighted by Crippen LogP contribution is -2.48. The zero-order chi connectivity index (χ0) is 14.0. The first-order valence-corrected chi connectivity index (χ1v) is 6.68. The summed E-state index contributed by atoms with van der Waals surface area (Å²) in [5, 5.41) is 0. The highest BCUT2D eigenvalue weighted by Gasteiger charge is 2.22. The molecule has 0 atom stereocenters. The molecule has 2 heterocycles. The van der Waals surface area contributed by atoms with Crippen LogP contribution in [-0.2, 0) is 4.79 Å². The fourth-order valence-electron chi connectivity index (χ4n) is 2.21. The summed E-state index contributed by atoms with van der Waals surface area (Å²) in [6.07, 6.45) is 0. The lowest BCUT2D eigenvalue weighted by Gasteiger charge is -2.35. The maximum absolute atomic E-state index is 11.3. The van der Waals surface area contributed by atoms with Crippen LogP contribution in [0.4, 0.5) is 5.82 Å². The number of carbonyl (C=O) groups excluding carboxylic acids is 1. The molecule has 0 saturated carbocycles. The Morgan fingerprint density at radius 1 is 1.32 bits per heavy atom. The van der Waals surface area contributed by atoms with Crippen LogP contribution >= 0.6 is 12.2 Å². The number of piperazine rings is 1. The molecule has 102 valence electrons. The van der Waals surface area contributed by atoms with Gasteiger partial charge in [-0.1, -0.05) is 12.2 Å². The number of nitrogens with two attached hydrogens (primary N) is 1. The second kappa shape index (κ2) is 5.52. The van der Waals surface area contributed by atoms with Crippen molar-refractivity contribution in [2.75, 3.05) is 31.1 Å². The van der Waals surface area contributed by atoms with Crippen molar-refractivity contribution >= 4 is 28.9 Å². The number of anilines is 1. The Balaban J connectivity index is 2.21. The van der Waals surface area contributed by atoms with Crippen molar-refractivity contribution in [3.63, 3.8) is 0 Å². The number of amides is 1. The van der Waals surface area contributed by atoms with E-state index in [1.807, 2.05) is 24.0 Å². The van der Waals surface area contributed by atoms with Gasteiger partial charge in [0.25, 0.3) is 0 Å². The number of carbonyl (C=O) groups is 1. The number of hydrogen-bond acceptors (Lipinski definition) is 4. The Labute approximate surface area is 118 Å². The number of hydrogen-bond donors (Lipinski definition) is 1. The number of aryl methyl sites for hydroxylation is 1. The molecule has 0 radical (unpaired) electrons. The van der Waals surface area contributed by atoms with E-state index in [9.17, 15) is 4.79 Å². The van der Waals surface area contributed by atoms with E-state index in [4.69, 9.17) is 18.0 Å². The van der Waals surface area contributed by atoms with Gasteiger partial charge in [0.1, 0.15) is 10.8 Å². The Bertz CT molecular complexity index is 509. The average molecular weight is 278 g/mol. The van der Waals surface area contributed by atoms with Gasteiger partial charge < -0.3 is 15.5 Å². The highest BCUT2D eigenvalue weighted by molar-refractivity contribution is 7.80. The second-order valence-electron chi connectivity index (χ2n) is 4.68. The van der Waals surface area contributed by atoms with Crippen molar-refractivity contribution in [2.24, 2.45) is 5.73 Å². The molecule has 1 aromatic heterocycles. The molecule has 0 bridgehead atoms. The second-order valence-corrected chi connectivity index (χ2v) is 5.12. The number of aromatic nitrogens is 1. The molecule has 0 unspecified atom stereocenters. The molecule has 2 N–H and O–H groups in total. The summed E-state index contributed by atoms with van der Waals surface area (Å²) in [6.45, 7) is 6.47. The standard InChI is InChI=1S/C13H18N4OS/c1-9-3-4-11(12(14)19)13(15-9)17-7-5-16(6-8-17)10(2)18/h3-4H,5-8H2,1-2H3,(H2,14,19). The summed E-state index contributed by atoms with van der Waals surface area (Å²) in [6, 6.07) is 3.82. The Morgan fingerprint density at radius 3 is 2.47 bits per heavy atom. The van der Waals surface area contributed by atoms with Crippen LogP contribution in [0.2, 0.25) is 0 Å². The minimum atomic E-state index is 0.117. The third-order valence-electron chi connectivity index (χ3n) is 3.30. The zero-order valence-electron chi connectivity index (χ0n) is 11.2. The van der Waals surface area contributed by atoms with Crippen LogP contribution in [0.1, 0.15) is 18.2 Å². The number of thiocarbonyl (C=S) groups is 1. The first-order valence-electron chi connectivity index (χ1n) is 6.27. The third kappa shape index (κ3) is 3.01. The van der Waals surface area contributed by atoms with Gasteiger partial charge in [0.2, 0.25) is 5.91 Å². The normalized spacial score (nSPS) is 15.5. The molecule has 1 aromatic rings. The fraction of sp³-hybridized carbons (Fsp3) is 0.462. The van der Waals surface area contributed by atoms with E-state index >= 15 is 0 Å². The molecule has 19 heavy (non-hydrogen) atoms. The van der Waals surface area contributed by atoms with Gasteiger partial charge in [-0.3, -0.25) is 4.79 Å². The SMILES string of the molecule is CC(=O)N1CCN(c2nc(C)ccc2C(N)=S)CC1. The molecular weight excluding hydrogens is 260 g/mol. The molecule has 6 heteroatoms. The Hall–Kier alpha value is -1.69. The Kier molecular flexibility index (Phi) is 3.99. The summed E-state index contributed by atoms with van der Waals surface area (Å²) in [7, 11) is 0. The molecule has 0 aliphatic carbocycles. The highest BCUT2D eigenvalue weighted by atomic mass is 32.1. The van der Waals surface area contributed by atoms with Crippen molar-refractivity contribution in [2.45, 2.75) is 13.8 Å². The van der Waals surface area contributed by atoms with Crippen LogP contribution in [0.25, 0.3) is 0 Å². The Morgan fingerprint density at radius 2 is 1.95 bits per heavy atom. The average Bonchev–Trinajstić information content (AvgIpc) is 2.38. The monoisotopic (exact) mass is 278 g/mol.